The van der Waals surface area contributed by atoms with Crippen molar-refractivity contribution in [1.82, 2.24) is 9.97 Å². The number of aryl methyl sites for hydroxylation is 2. The van der Waals surface area contributed by atoms with E-state index in [1.165, 1.54) is 6.33 Å². The van der Waals surface area contributed by atoms with Gasteiger partial charge in [-0.3, -0.25) is 10.1 Å². The number of nitro groups is 1. The fraction of sp³-hybridized carbons (Fsp3) is 0.111. The molecule has 0 aliphatic heterocycles. The summed E-state index contributed by atoms with van der Waals surface area (Å²) in [5.41, 5.74) is 2.04. The third kappa shape index (κ3) is 4.10. The van der Waals surface area contributed by atoms with Crippen molar-refractivity contribution in [2.75, 3.05) is 5.32 Å². The van der Waals surface area contributed by atoms with Crippen molar-refractivity contribution in [2.24, 2.45) is 0 Å². The van der Waals surface area contributed by atoms with Gasteiger partial charge in [0.1, 0.15) is 12.1 Å². The fourth-order valence-electron chi connectivity index (χ4n) is 2.31. The largest absolute Gasteiger partial charge is 0.434 e. The highest BCUT2D eigenvalue weighted by Gasteiger charge is 2.26. The first-order valence-electron chi connectivity index (χ1n) is 7.82. The number of rotatable bonds is 5. The smallest absolute Gasteiger partial charge is 0.373 e. The molecule has 138 valence electrons. The fourth-order valence-corrected chi connectivity index (χ4v) is 2.66. The van der Waals surface area contributed by atoms with E-state index >= 15 is 0 Å². The number of benzene rings is 2. The quantitative estimate of drug-likeness (QED) is 0.423. The molecule has 0 spiro atoms. The molecule has 2 aromatic carbocycles. The number of ether oxygens (including phenoxy) is 1. The third-order valence-corrected chi connectivity index (χ3v) is 4.69. The number of hydrogen-bond donors (Lipinski definition) is 1. The van der Waals surface area contributed by atoms with E-state index in [2.05, 4.69) is 15.3 Å². The lowest BCUT2D eigenvalue weighted by atomic mass is 10.1. The van der Waals surface area contributed by atoms with E-state index in [4.69, 9.17) is 27.9 Å². The predicted octanol–water partition coefficient (Wildman–Crippen LogP) is 5.84. The highest BCUT2D eigenvalue weighted by atomic mass is 35.5. The van der Waals surface area contributed by atoms with Gasteiger partial charge in [-0.25, -0.2) is 4.98 Å². The number of halogens is 2. The van der Waals surface area contributed by atoms with Gasteiger partial charge in [-0.2, -0.15) is 4.98 Å². The number of anilines is 2. The Kier molecular flexibility index (Phi) is 5.43. The summed E-state index contributed by atoms with van der Waals surface area (Å²) in [7, 11) is 0. The molecule has 0 atom stereocenters. The molecule has 0 unspecified atom stereocenters. The minimum Gasteiger partial charge on any atom is -0.434 e. The first-order chi connectivity index (χ1) is 12.9. The van der Waals surface area contributed by atoms with Crippen LogP contribution in [0, 0.1) is 24.0 Å². The topological polar surface area (TPSA) is 90.2 Å². The number of hydrogen-bond acceptors (Lipinski definition) is 6. The molecular weight excluding hydrogens is 391 g/mol. The maximum Gasteiger partial charge on any atom is 0.373 e. The minimum absolute atomic E-state index is 0.0574. The van der Waals surface area contributed by atoms with Crippen LogP contribution in [0.5, 0.6) is 11.6 Å². The van der Waals surface area contributed by atoms with Crippen molar-refractivity contribution in [3.8, 4) is 11.6 Å². The van der Waals surface area contributed by atoms with Crippen molar-refractivity contribution in [3.63, 3.8) is 0 Å². The maximum atomic E-state index is 11.6. The molecule has 0 aliphatic rings. The zero-order valence-electron chi connectivity index (χ0n) is 14.4. The Morgan fingerprint density at radius 3 is 2.59 bits per heavy atom. The Hall–Kier alpha value is -2.90. The third-order valence-electron chi connectivity index (χ3n) is 3.87. The summed E-state index contributed by atoms with van der Waals surface area (Å²) in [6, 6.07) is 10.3. The Morgan fingerprint density at radius 2 is 1.89 bits per heavy atom. The van der Waals surface area contributed by atoms with Crippen molar-refractivity contribution >= 4 is 40.4 Å². The van der Waals surface area contributed by atoms with E-state index in [1.807, 2.05) is 19.9 Å². The van der Waals surface area contributed by atoms with E-state index < -0.39 is 10.6 Å². The molecule has 1 aromatic heterocycles. The van der Waals surface area contributed by atoms with Crippen LogP contribution in [0.25, 0.3) is 0 Å². The first-order valence-corrected chi connectivity index (χ1v) is 8.58. The summed E-state index contributed by atoms with van der Waals surface area (Å²) in [4.78, 5) is 18.9. The van der Waals surface area contributed by atoms with Gasteiger partial charge in [-0.1, -0.05) is 35.3 Å². The molecule has 1 heterocycles. The van der Waals surface area contributed by atoms with Crippen molar-refractivity contribution in [2.45, 2.75) is 13.8 Å². The van der Waals surface area contributed by atoms with E-state index in [9.17, 15) is 10.1 Å². The molecule has 0 saturated carbocycles. The van der Waals surface area contributed by atoms with Crippen LogP contribution in [-0.4, -0.2) is 14.9 Å². The highest BCUT2D eigenvalue weighted by Crippen LogP contribution is 2.38. The molecule has 0 saturated heterocycles. The zero-order valence-corrected chi connectivity index (χ0v) is 15.9. The SMILES string of the molecule is Cc1ccc(Oc2ncnc(Nc3cccc(Cl)c3Cl)c2[N+](=O)[O-])cc1C. The maximum absolute atomic E-state index is 11.6. The van der Waals surface area contributed by atoms with Crippen LogP contribution in [0.15, 0.2) is 42.7 Å². The second-order valence-corrected chi connectivity index (χ2v) is 6.49. The molecule has 3 rings (SSSR count). The monoisotopic (exact) mass is 404 g/mol. The van der Waals surface area contributed by atoms with Gasteiger partial charge >= 0.3 is 11.6 Å². The molecule has 0 amide bonds. The van der Waals surface area contributed by atoms with Crippen LogP contribution in [-0.2, 0) is 0 Å². The van der Waals surface area contributed by atoms with Gasteiger partial charge in [0.2, 0.25) is 5.82 Å². The average Bonchev–Trinajstić information content (AvgIpc) is 2.62. The Balaban J connectivity index is 2.01. The lowest BCUT2D eigenvalue weighted by Crippen LogP contribution is -2.04. The van der Waals surface area contributed by atoms with Crippen LogP contribution >= 0.6 is 23.2 Å². The summed E-state index contributed by atoms with van der Waals surface area (Å²) >= 11 is 12.1. The number of nitrogens with one attached hydrogen (secondary N) is 1. The van der Waals surface area contributed by atoms with Gasteiger partial charge in [-0.05, 0) is 49.2 Å². The Morgan fingerprint density at radius 1 is 1.11 bits per heavy atom. The second-order valence-electron chi connectivity index (χ2n) is 5.71. The standard InChI is InChI=1S/C18H14Cl2N4O3/c1-10-6-7-12(8-11(10)2)27-18-16(24(25)26)17(21-9-22-18)23-14-5-3-4-13(19)15(14)20/h3-9H,1-2H3,(H,21,22,23). The molecular formula is C18H14Cl2N4O3. The molecule has 0 bridgehead atoms. The van der Waals surface area contributed by atoms with Gasteiger partial charge in [0, 0.05) is 0 Å². The van der Waals surface area contributed by atoms with Crippen molar-refractivity contribution in [1.29, 1.82) is 0 Å². The van der Waals surface area contributed by atoms with E-state index in [1.54, 1.807) is 30.3 Å². The van der Waals surface area contributed by atoms with E-state index in [0.29, 0.717) is 16.5 Å². The summed E-state index contributed by atoms with van der Waals surface area (Å²) in [6.07, 6.45) is 1.17. The first kappa shape index (κ1) is 18.9. The minimum atomic E-state index is -0.614. The van der Waals surface area contributed by atoms with Crippen LogP contribution in [0.4, 0.5) is 17.2 Å². The van der Waals surface area contributed by atoms with Gasteiger partial charge in [0.15, 0.2) is 0 Å². The van der Waals surface area contributed by atoms with Crippen LogP contribution < -0.4 is 10.1 Å². The molecule has 0 radical (unpaired) electrons. The van der Waals surface area contributed by atoms with Gasteiger partial charge < -0.3 is 10.1 Å². The summed E-state index contributed by atoms with van der Waals surface area (Å²) in [5, 5.41) is 15.0. The van der Waals surface area contributed by atoms with E-state index in [0.717, 1.165) is 11.1 Å². The zero-order chi connectivity index (χ0) is 19.6. The van der Waals surface area contributed by atoms with Crippen molar-refractivity contribution < 1.29 is 9.66 Å². The van der Waals surface area contributed by atoms with Crippen LogP contribution in [0.2, 0.25) is 10.0 Å². The summed E-state index contributed by atoms with van der Waals surface area (Å²) < 4.78 is 5.65. The summed E-state index contributed by atoms with van der Waals surface area (Å²) in [6.45, 7) is 3.88. The van der Waals surface area contributed by atoms with E-state index in [-0.39, 0.29) is 16.7 Å². The Bertz CT molecular complexity index is 1030. The van der Waals surface area contributed by atoms with Gasteiger partial charge in [-0.15, -0.1) is 0 Å². The number of nitrogens with zero attached hydrogens (tertiary/aromatic N) is 3. The summed E-state index contributed by atoms with van der Waals surface area (Å²) in [5.74, 6) is 0.198. The van der Waals surface area contributed by atoms with Gasteiger partial charge in [0.25, 0.3) is 0 Å². The highest BCUT2D eigenvalue weighted by molar-refractivity contribution is 6.43. The lowest BCUT2D eigenvalue weighted by molar-refractivity contribution is -0.385. The van der Waals surface area contributed by atoms with Crippen LogP contribution in [0.3, 0.4) is 0 Å². The molecule has 0 aliphatic carbocycles. The predicted molar refractivity (Wildman–Crippen MR) is 104 cm³/mol. The molecule has 27 heavy (non-hydrogen) atoms. The molecule has 7 nitrogen and oxygen atoms in total. The van der Waals surface area contributed by atoms with Crippen molar-refractivity contribution in [3.05, 3.63) is 74.0 Å². The lowest BCUT2D eigenvalue weighted by Gasteiger charge is -2.11. The average molecular weight is 405 g/mol. The molecule has 0 fully saturated rings. The van der Waals surface area contributed by atoms with Gasteiger partial charge in [0.05, 0.1) is 20.7 Å². The number of aromatic nitrogens is 2. The normalized spacial score (nSPS) is 10.5. The molecule has 9 heteroatoms. The van der Waals surface area contributed by atoms with Crippen LogP contribution in [0.1, 0.15) is 11.1 Å². The Labute approximate surface area is 165 Å². The second kappa shape index (κ2) is 7.77. The molecule has 1 N–H and O–H groups in total. The molecule has 3 aromatic rings.